The fourth-order valence-electron chi connectivity index (χ4n) is 4.01. The van der Waals surface area contributed by atoms with E-state index in [1.54, 1.807) is 0 Å². The predicted molar refractivity (Wildman–Crippen MR) is 121 cm³/mol. The second kappa shape index (κ2) is 8.25. The number of ketones is 1. The Kier molecular flexibility index (Phi) is 6.45. The van der Waals surface area contributed by atoms with Gasteiger partial charge in [0.1, 0.15) is 0 Å². The fraction of sp³-hybridized carbons (Fsp3) is 0.440. The van der Waals surface area contributed by atoms with Gasteiger partial charge in [-0.05, 0) is 29.9 Å². The molecule has 0 amide bonds. The van der Waals surface area contributed by atoms with E-state index in [0.29, 0.717) is 28.5 Å². The van der Waals surface area contributed by atoms with Gasteiger partial charge in [-0.2, -0.15) is 0 Å². The van der Waals surface area contributed by atoms with Crippen LogP contribution in [0.3, 0.4) is 0 Å². The third-order valence-corrected chi connectivity index (χ3v) is 5.25. The Labute approximate surface area is 183 Å². The molecule has 0 saturated heterocycles. The SMILES string of the molecule is COc1c(O)c(-c2cc(C(C)=O)c(C(C)(C)C)c(OC)c2O)cc(C=O)c1C(C)(C)C. The molecule has 2 aromatic rings. The monoisotopic (exact) mass is 428 g/mol. The second-order valence-electron chi connectivity index (χ2n) is 9.67. The van der Waals surface area contributed by atoms with Crippen LogP contribution in [-0.2, 0) is 10.8 Å². The highest BCUT2D eigenvalue weighted by Gasteiger charge is 2.32. The molecule has 0 radical (unpaired) electrons. The smallest absolute Gasteiger partial charge is 0.166 e. The third-order valence-electron chi connectivity index (χ3n) is 5.25. The van der Waals surface area contributed by atoms with Gasteiger partial charge >= 0.3 is 0 Å². The molecule has 31 heavy (non-hydrogen) atoms. The van der Waals surface area contributed by atoms with Crippen molar-refractivity contribution in [2.45, 2.75) is 59.3 Å². The van der Waals surface area contributed by atoms with E-state index in [-0.39, 0.29) is 39.9 Å². The normalized spacial score (nSPS) is 11.9. The largest absolute Gasteiger partial charge is 0.504 e. The number of carbonyl (C=O) groups excluding carboxylic acids is 2. The minimum atomic E-state index is -0.494. The van der Waals surface area contributed by atoms with E-state index in [2.05, 4.69) is 0 Å². The van der Waals surface area contributed by atoms with E-state index in [0.717, 1.165) is 0 Å². The molecule has 0 fully saturated rings. The Morgan fingerprint density at radius 2 is 1.26 bits per heavy atom. The first-order chi connectivity index (χ1) is 14.2. The molecule has 0 unspecified atom stereocenters. The highest BCUT2D eigenvalue weighted by Crippen LogP contribution is 2.51. The summed E-state index contributed by atoms with van der Waals surface area (Å²) >= 11 is 0. The Hall–Kier alpha value is -3.02. The molecule has 6 nitrogen and oxygen atoms in total. The topological polar surface area (TPSA) is 93.1 Å². The molecule has 2 N–H and O–H groups in total. The summed E-state index contributed by atoms with van der Waals surface area (Å²) in [6, 6.07) is 3.03. The molecule has 0 saturated carbocycles. The lowest BCUT2D eigenvalue weighted by Gasteiger charge is -2.28. The van der Waals surface area contributed by atoms with Crippen LogP contribution in [-0.4, -0.2) is 36.5 Å². The zero-order chi connectivity index (χ0) is 23.9. The van der Waals surface area contributed by atoms with E-state index < -0.39 is 10.8 Å². The molecule has 0 aliphatic carbocycles. The van der Waals surface area contributed by atoms with Gasteiger partial charge < -0.3 is 19.7 Å². The van der Waals surface area contributed by atoms with Gasteiger partial charge in [0.25, 0.3) is 0 Å². The van der Waals surface area contributed by atoms with Gasteiger partial charge in [0.2, 0.25) is 0 Å². The molecule has 0 atom stereocenters. The van der Waals surface area contributed by atoms with Crippen molar-refractivity contribution in [1.29, 1.82) is 0 Å². The molecule has 0 heterocycles. The number of Topliss-reactive ketones (excluding diaryl/α,β-unsaturated/α-hetero) is 1. The Bertz CT molecular complexity index is 1040. The molecule has 2 aromatic carbocycles. The minimum absolute atomic E-state index is 0.148. The molecule has 0 aliphatic rings. The number of rotatable bonds is 5. The van der Waals surface area contributed by atoms with E-state index in [9.17, 15) is 19.8 Å². The van der Waals surface area contributed by atoms with Gasteiger partial charge in [-0.1, -0.05) is 41.5 Å². The summed E-state index contributed by atoms with van der Waals surface area (Å²) in [5, 5.41) is 22.2. The molecular formula is C25H32O6. The first-order valence-electron chi connectivity index (χ1n) is 10.1. The lowest BCUT2D eigenvalue weighted by atomic mass is 9.79. The maximum atomic E-state index is 12.5. The summed E-state index contributed by atoms with van der Waals surface area (Å²) in [5.41, 5.74) is 1.17. The first kappa shape index (κ1) is 24.3. The summed E-state index contributed by atoms with van der Waals surface area (Å²) in [7, 11) is 2.82. The highest BCUT2D eigenvalue weighted by molar-refractivity contribution is 6.00. The minimum Gasteiger partial charge on any atom is -0.504 e. The molecule has 6 heteroatoms. The van der Waals surface area contributed by atoms with Crippen LogP contribution < -0.4 is 9.47 Å². The third kappa shape index (κ3) is 4.24. The van der Waals surface area contributed by atoms with Gasteiger partial charge in [-0.3, -0.25) is 9.59 Å². The van der Waals surface area contributed by atoms with Crippen LogP contribution in [0.1, 0.15) is 80.3 Å². The Morgan fingerprint density at radius 1 is 0.839 bits per heavy atom. The zero-order valence-electron chi connectivity index (χ0n) is 19.8. The Morgan fingerprint density at radius 3 is 1.61 bits per heavy atom. The lowest BCUT2D eigenvalue weighted by molar-refractivity contribution is 0.101. The average Bonchev–Trinajstić information content (AvgIpc) is 2.65. The van der Waals surface area contributed by atoms with E-state index in [1.807, 2.05) is 41.5 Å². The number of ether oxygens (including phenoxy) is 2. The zero-order valence-corrected chi connectivity index (χ0v) is 19.8. The number of hydrogen-bond donors (Lipinski definition) is 2. The van der Waals surface area contributed by atoms with Crippen LogP contribution in [0.25, 0.3) is 11.1 Å². The number of aldehydes is 1. The number of phenolic OH excluding ortho intramolecular Hbond substituents is 2. The van der Waals surface area contributed by atoms with Crippen LogP contribution in [0.5, 0.6) is 23.0 Å². The van der Waals surface area contributed by atoms with Gasteiger partial charge in [0.15, 0.2) is 35.1 Å². The number of benzene rings is 2. The van der Waals surface area contributed by atoms with Gasteiger partial charge in [0.05, 0.1) is 14.2 Å². The molecular weight excluding hydrogens is 396 g/mol. The van der Waals surface area contributed by atoms with Crippen molar-refractivity contribution in [1.82, 2.24) is 0 Å². The van der Waals surface area contributed by atoms with Crippen LogP contribution in [0.4, 0.5) is 0 Å². The summed E-state index contributed by atoms with van der Waals surface area (Å²) in [6.45, 7) is 12.9. The van der Waals surface area contributed by atoms with Crippen LogP contribution >= 0.6 is 0 Å². The van der Waals surface area contributed by atoms with Crippen LogP contribution in [0, 0.1) is 0 Å². The van der Waals surface area contributed by atoms with E-state index >= 15 is 0 Å². The molecule has 168 valence electrons. The summed E-state index contributed by atoms with van der Waals surface area (Å²) < 4.78 is 11.0. The maximum Gasteiger partial charge on any atom is 0.166 e. The van der Waals surface area contributed by atoms with E-state index in [4.69, 9.17) is 9.47 Å². The first-order valence-corrected chi connectivity index (χ1v) is 10.1. The summed E-state index contributed by atoms with van der Waals surface area (Å²) in [4.78, 5) is 24.4. The standard InChI is InChI=1S/C25H32O6/c1-13(27)15-11-17(21(29)23(31-9)19(15)25(5,6)7)16-10-14(12-26)18(24(2,3)4)22(30-8)20(16)28/h10-12,28-29H,1-9H3. The van der Waals surface area contributed by atoms with Crippen molar-refractivity contribution in [3.8, 4) is 34.1 Å². The van der Waals surface area contributed by atoms with Crippen molar-refractivity contribution in [2.24, 2.45) is 0 Å². The van der Waals surface area contributed by atoms with E-state index in [1.165, 1.54) is 33.3 Å². The average molecular weight is 429 g/mol. The fourth-order valence-corrected chi connectivity index (χ4v) is 4.01. The quantitative estimate of drug-likeness (QED) is 0.490. The number of carbonyl (C=O) groups is 2. The predicted octanol–water partition coefficient (Wildman–Crippen LogP) is 5.39. The molecule has 0 bridgehead atoms. The van der Waals surface area contributed by atoms with Crippen molar-refractivity contribution >= 4 is 12.1 Å². The van der Waals surface area contributed by atoms with Crippen LogP contribution in [0.15, 0.2) is 12.1 Å². The maximum absolute atomic E-state index is 12.5. The van der Waals surface area contributed by atoms with Gasteiger partial charge in [-0.25, -0.2) is 0 Å². The summed E-state index contributed by atoms with van der Waals surface area (Å²) in [5.74, 6) is -0.364. The summed E-state index contributed by atoms with van der Waals surface area (Å²) in [6.07, 6.45) is 0.690. The van der Waals surface area contributed by atoms with Crippen molar-refractivity contribution in [2.75, 3.05) is 14.2 Å². The molecule has 0 aliphatic heterocycles. The number of aromatic hydroxyl groups is 2. The van der Waals surface area contributed by atoms with Gasteiger partial charge in [-0.15, -0.1) is 0 Å². The Balaban J connectivity index is 3.07. The van der Waals surface area contributed by atoms with Gasteiger partial charge in [0, 0.05) is 33.4 Å². The molecule has 0 spiro atoms. The molecule has 2 rings (SSSR count). The van der Waals surface area contributed by atoms with Crippen molar-refractivity contribution in [3.63, 3.8) is 0 Å². The number of methoxy groups -OCH3 is 2. The van der Waals surface area contributed by atoms with Crippen molar-refractivity contribution < 1.29 is 29.3 Å². The second-order valence-corrected chi connectivity index (χ2v) is 9.67. The number of phenols is 2. The lowest BCUT2D eigenvalue weighted by Crippen LogP contribution is -2.18. The molecule has 0 aromatic heterocycles. The van der Waals surface area contributed by atoms with Crippen LogP contribution in [0.2, 0.25) is 0 Å². The highest BCUT2D eigenvalue weighted by atomic mass is 16.5. The number of hydrogen-bond acceptors (Lipinski definition) is 6. The van der Waals surface area contributed by atoms with Crippen molar-refractivity contribution in [3.05, 3.63) is 34.4 Å².